The number of rotatable bonds is 6. The second kappa shape index (κ2) is 7.34. The molecule has 0 radical (unpaired) electrons. The lowest BCUT2D eigenvalue weighted by Gasteiger charge is -2.19. The van der Waals surface area contributed by atoms with Gasteiger partial charge >= 0.3 is 0 Å². The molecule has 0 aliphatic rings. The summed E-state index contributed by atoms with van der Waals surface area (Å²) in [7, 11) is 2.07. The highest BCUT2D eigenvalue weighted by molar-refractivity contribution is 6.30. The maximum atomic E-state index is 6.02. The first-order valence-electron chi connectivity index (χ1n) is 7.02. The van der Waals surface area contributed by atoms with Gasteiger partial charge in [0, 0.05) is 29.4 Å². The van der Waals surface area contributed by atoms with Crippen molar-refractivity contribution in [3.05, 3.63) is 58.6 Å². The van der Waals surface area contributed by atoms with Gasteiger partial charge in [-0.1, -0.05) is 23.7 Å². The van der Waals surface area contributed by atoms with Gasteiger partial charge in [-0.25, -0.2) is 0 Å². The van der Waals surface area contributed by atoms with Crippen LogP contribution >= 0.6 is 11.6 Å². The molecule has 2 rings (SSSR count). The first-order chi connectivity index (χ1) is 10.1. The van der Waals surface area contributed by atoms with E-state index in [9.17, 15) is 0 Å². The first kappa shape index (κ1) is 15.7. The lowest BCUT2D eigenvalue weighted by atomic mass is 10.1. The molecule has 0 aromatic heterocycles. The van der Waals surface area contributed by atoms with Crippen LogP contribution in [-0.4, -0.2) is 18.6 Å². The summed E-state index contributed by atoms with van der Waals surface area (Å²) in [6.45, 7) is 4.22. The van der Waals surface area contributed by atoms with Gasteiger partial charge in [-0.3, -0.25) is 4.90 Å². The number of nitrogens with zero attached hydrogens (tertiary/aromatic N) is 1. The van der Waals surface area contributed by atoms with Crippen molar-refractivity contribution >= 4 is 17.3 Å². The molecular weight excluding hydrogens is 284 g/mol. The normalized spacial score (nSPS) is 10.9. The van der Waals surface area contributed by atoms with Gasteiger partial charge in [0.25, 0.3) is 0 Å². The monoisotopic (exact) mass is 304 g/mol. The number of hydrogen-bond acceptors (Lipinski definition) is 3. The second-order valence-corrected chi connectivity index (χ2v) is 5.54. The Labute approximate surface area is 131 Å². The van der Waals surface area contributed by atoms with Crippen molar-refractivity contribution in [1.82, 2.24) is 4.90 Å². The van der Waals surface area contributed by atoms with Crippen LogP contribution in [0.2, 0.25) is 5.02 Å². The second-order valence-electron chi connectivity index (χ2n) is 5.10. The van der Waals surface area contributed by atoms with Crippen molar-refractivity contribution < 1.29 is 4.74 Å². The standard InChI is InChI=1S/C17H21ClN2O/c1-3-21-17-8-7-16(19)10-14(17)12-20(2)11-13-5-4-6-15(18)9-13/h4-10H,3,11-12,19H2,1-2H3. The summed E-state index contributed by atoms with van der Waals surface area (Å²) in [5, 5.41) is 0.764. The predicted octanol–water partition coefficient (Wildman–Crippen LogP) is 3.95. The first-order valence-corrected chi connectivity index (χ1v) is 7.40. The van der Waals surface area contributed by atoms with E-state index < -0.39 is 0 Å². The number of ether oxygens (including phenoxy) is 1. The van der Waals surface area contributed by atoms with E-state index in [1.165, 1.54) is 5.56 Å². The van der Waals surface area contributed by atoms with Gasteiger partial charge in [-0.15, -0.1) is 0 Å². The highest BCUT2D eigenvalue weighted by Gasteiger charge is 2.08. The molecule has 112 valence electrons. The van der Waals surface area contributed by atoms with E-state index in [4.69, 9.17) is 22.1 Å². The Morgan fingerprint density at radius 2 is 1.95 bits per heavy atom. The van der Waals surface area contributed by atoms with Crippen LogP contribution in [0.25, 0.3) is 0 Å². The van der Waals surface area contributed by atoms with Gasteiger partial charge < -0.3 is 10.5 Å². The Morgan fingerprint density at radius 3 is 2.67 bits per heavy atom. The third kappa shape index (κ3) is 4.66. The summed E-state index contributed by atoms with van der Waals surface area (Å²) in [6.07, 6.45) is 0. The number of hydrogen-bond donors (Lipinski definition) is 1. The molecule has 0 amide bonds. The molecule has 0 unspecified atom stereocenters. The summed E-state index contributed by atoms with van der Waals surface area (Å²) in [5.74, 6) is 0.893. The molecule has 0 spiro atoms. The zero-order chi connectivity index (χ0) is 15.2. The number of benzene rings is 2. The zero-order valence-corrected chi connectivity index (χ0v) is 13.2. The summed E-state index contributed by atoms with van der Waals surface area (Å²) >= 11 is 6.02. The molecular formula is C17H21ClN2O. The maximum Gasteiger partial charge on any atom is 0.123 e. The van der Waals surface area contributed by atoms with E-state index in [1.807, 2.05) is 43.3 Å². The Balaban J connectivity index is 2.08. The lowest BCUT2D eigenvalue weighted by molar-refractivity contribution is 0.298. The fraction of sp³-hybridized carbons (Fsp3) is 0.294. The molecule has 3 nitrogen and oxygen atoms in total. The third-order valence-electron chi connectivity index (χ3n) is 3.17. The molecule has 21 heavy (non-hydrogen) atoms. The molecule has 0 aliphatic carbocycles. The SMILES string of the molecule is CCOc1ccc(N)cc1CN(C)Cc1cccc(Cl)c1. The molecule has 2 aromatic rings. The quantitative estimate of drug-likeness (QED) is 0.821. The molecule has 4 heteroatoms. The Hall–Kier alpha value is -1.71. The van der Waals surface area contributed by atoms with Gasteiger partial charge in [0.05, 0.1) is 6.61 Å². The minimum absolute atomic E-state index is 0.648. The van der Waals surface area contributed by atoms with Crippen molar-refractivity contribution in [2.24, 2.45) is 0 Å². The number of nitrogens with two attached hydrogens (primary N) is 1. The van der Waals surface area contributed by atoms with Crippen LogP contribution in [-0.2, 0) is 13.1 Å². The van der Waals surface area contributed by atoms with Gasteiger partial charge in [0.15, 0.2) is 0 Å². The van der Waals surface area contributed by atoms with Gasteiger partial charge in [0.1, 0.15) is 5.75 Å². The molecule has 0 aliphatic heterocycles. The van der Waals surface area contributed by atoms with Crippen LogP contribution in [0, 0.1) is 0 Å². The van der Waals surface area contributed by atoms with Crippen LogP contribution < -0.4 is 10.5 Å². The zero-order valence-electron chi connectivity index (χ0n) is 12.5. The molecule has 0 saturated carbocycles. The van der Waals surface area contributed by atoms with Gasteiger partial charge in [0.2, 0.25) is 0 Å². The largest absolute Gasteiger partial charge is 0.494 e. The predicted molar refractivity (Wildman–Crippen MR) is 88.6 cm³/mol. The molecule has 0 fully saturated rings. The van der Waals surface area contributed by atoms with Crippen molar-refractivity contribution in [3.8, 4) is 5.75 Å². The number of halogens is 1. The van der Waals surface area contributed by atoms with E-state index in [1.54, 1.807) is 0 Å². The highest BCUT2D eigenvalue weighted by Crippen LogP contribution is 2.23. The molecule has 2 N–H and O–H groups in total. The van der Waals surface area contributed by atoms with Crippen LogP contribution in [0.1, 0.15) is 18.1 Å². The minimum Gasteiger partial charge on any atom is -0.494 e. The van der Waals surface area contributed by atoms with E-state index in [-0.39, 0.29) is 0 Å². The Kier molecular flexibility index (Phi) is 5.48. The molecule has 0 bridgehead atoms. The van der Waals surface area contributed by atoms with E-state index >= 15 is 0 Å². The summed E-state index contributed by atoms with van der Waals surface area (Å²) in [6, 6.07) is 13.7. The molecule has 0 atom stereocenters. The topological polar surface area (TPSA) is 38.5 Å². The van der Waals surface area contributed by atoms with Gasteiger partial charge in [-0.2, -0.15) is 0 Å². The van der Waals surface area contributed by atoms with Crippen LogP contribution in [0.5, 0.6) is 5.75 Å². The van der Waals surface area contributed by atoms with Crippen LogP contribution in [0.15, 0.2) is 42.5 Å². The van der Waals surface area contributed by atoms with Crippen LogP contribution in [0.4, 0.5) is 5.69 Å². The smallest absolute Gasteiger partial charge is 0.123 e. The summed E-state index contributed by atoms with van der Waals surface area (Å²) in [5.41, 5.74) is 8.92. The van der Waals surface area contributed by atoms with E-state index in [2.05, 4.69) is 18.0 Å². The number of nitrogen functional groups attached to an aromatic ring is 1. The van der Waals surface area contributed by atoms with Crippen molar-refractivity contribution in [3.63, 3.8) is 0 Å². The fourth-order valence-corrected chi connectivity index (χ4v) is 2.53. The minimum atomic E-state index is 0.648. The molecule has 2 aromatic carbocycles. The maximum absolute atomic E-state index is 6.02. The van der Waals surface area contributed by atoms with E-state index in [0.717, 1.165) is 35.1 Å². The third-order valence-corrected chi connectivity index (χ3v) is 3.40. The Morgan fingerprint density at radius 1 is 1.14 bits per heavy atom. The van der Waals surface area contributed by atoms with E-state index in [0.29, 0.717) is 6.61 Å². The molecule has 0 saturated heterocycles. The fourth-order valence-electron chi connectivity index (χ4n) is 2.31. The van der Waals surface area contributed by atoms with Crippen molar-refractivity contribution in [2.75, 3.05) is 19.4 Å². The highest BCUT2D eigenvalue weighted by atomic mass is 35.5. The lowest BCUT2D eigenvalue weighted by Crippen LogP contribution is -2.18. The van der Waals surface area contributed by atoms with Gasteiger partial charge in [-0.05, 0) is 49.9 Å². The average Bonchev–Trinajstić information content (AvgIpc) is 2.42. The van der Waals surface area contributed by atoms with Crippen molar-refractivity contribution in [2.45, 2.75) is 20.0 Å². The van der Waals surface area contributed by atoms with Crippen LogP contribution in [0.3, 0.4) is 0 Å². The van der Waals surface area contributed by atoms with Crippen molar-refractivity contribution in [1.29, 1.82) is 0 Å². The summed E-state index contributed by atoms with van der Waals surface area (Å²) in [4.78, 5) is 2.21. The average molecular weight is 305 g/mol. The summed E-state index contributed by atoms with van der Waals surface area (Å²) < 4.78 is 5.66. The molecule has 0 heterocycles. The Bertz CT molecular complexity index is 601. The number of anilines is 1.